The summed E-state index contributed by atoms with van der Waals surface area (Å²) < 4.78 is 1.86. The van der Waals surface area contributed by atoms with Gasteiger partial charge in [-0.1, -0.05) is 26.0 Å². The lowest BCUT2D eigenvalue weighted by Crippen LogP contribution is -2.38. The number of aliphatic hydroxyl groups is 1. The molecule has 3 rings (SSSR count). The molecule has 0 bridgehead atoms. The highest BCUT2D eigenvalue weighted by atomic mass is 16.3. The Balaban J connectivity index is 2.03. The Morgan fingerprint density at radius 2 is 1.97 bits per heavy atom. The standard InChI is InChI=1S/C23H34N6O2/c1-15(2)20(21-25-26-27-29(21)23(4,5)6)28(10-7-11-30)14-18-13-17-9-8-16(3)12-19(17)24-22(18)31/h8-9,12-13,15,20,30H,7,10-11,14H2,1-6H3,(H,24,31)/t20-/m0/s1. The number of fused-ring (bicyclic) bond motifs is 1. The smallest absolute Gasteiger partial charge is 0.252 e. The van der Waals surface area contributed by atoms with Crippen LogP contribution in [0.25, 0.3) is 10.9 Å². The lowest BCUT2D eigenvalue weighted by Gasteiger charge is -2.35. The summed E-state index contributed by atoms with van der Waals surface area (Å²) >= 11 is 0. The molecule has 0 saturated heterocycles. The summed E-state index contributed by atoms with van der Waals surface area (Å²) in [7, 11) is 0. The van der Waals surface area contributed by atoms with Gasteiger partial charge in [-0.15, -0.1) is 5.10 Å². The van der Waals surface area contributed by atoms with Crippen LogP contribution >= 0.6 is 0 Å². The van der Waals surface area contributed by atoms with Crippen LogP contribution in [0.4, 0.5) is 0 Å². The lowest BCUT2D eigenvalue weighted by atomic mass is 9.98. The molecule has 0 spiro atoms. The first-order chi connectivity index (χ1) is 14.6. The van der Waals surface area contributed by atoms with Crippen molar-refractivity contribution in [3.63, 3.8) is 0 Å². The number of hydrogen-bond donors (Lipinski definition) is 2. The molecular weight excluding hydrogens is 392 g/mol. The van der Waals surface area contributed by atoms with Gasteiger partial charge in [-0.2, -0.15) is 0 Å². The molecule has 8 heteroatoms. The Kier molecular flexibility index (Phi) is 6.91. The Hall–Kier alpha value is -2.58. The average Bonchev–Trinajstić information content (AvgIpc) is 3.16. The molecule has 168 valence electrons. The number of aliphatic hydroxyl groups excluding tert-OH is 1. The van der Waals surface area contributed by atoms with Crippen molar-refractivity contribution in [3.05, 3.63) is 51.6 Å². The maximum absolute atomic E-state index is 12.9. The number of nitrogens with zero attached hydrogens (tertiary/aromatic N) is 5. The third kappa shape index (κ3) is 5.19. The molecule has 3 aromatic rings. The average molecular weight is 427 g/mol. The summed E-state index contributed by atoms with van der Waals surface area (Å²) in [6.07, 6.45) is 0.602. The first-order valence-corrected chi connectivity index (χ1v) is 10.9. The largest absolute Gasteiger partial charge is 0.396 e. The predicted octanol–water partition coefficient (Wildman–Crippen LogP) is 3.16. The minimum atomic E-state index is -0.271. The van der Waals surface area contributed by atoms with Gasteiger partial charge < -0.3 is 10.1 Å². The van der Waals surface area contributed by atoms with Gasteiger partial charge in [0, 0.05) is 30.8 Å². The molecule has 8 nitrogen and oxygen atoms in total. The number of aromatic nitrogens is 5. The third-order valence-corrected chi connectivity index (χ3v) is 5.47. The molecule has 0 aliphatic rings. The van der Waals surface area contributed by atoms with Crippen LogP contribution in [-0.2, 0) is 12.1 Å². The molecule has 0 unspecified atom stereocenters. The zero-order chi connectivity index (χ0) is 22.8. The maximum Gasteiger partial charge on any atom is 0.252 e. The van der Waals surface area contributed by atoms with Crippen LogP contribution in [0.2, 0.25) is 0 Å². The molecule has 0 aliphatic heterocycles. The van der Waals surface area contributed by atoms with Crippen molar-refractivity contribution in [1.82, 2.24) is 30.1 Å². The lowest BCUT2D eigenvalue weighted by molar-refractivity contribution is 0.116. The maximum atomic E-state index is 12.9. The SMILES string of the molecule is Cc1ccc2cc(CN(CCCO)[C@H](c3nnnn3C(C)(C)C)C(C)C)c(=O)[nH]c2c1. The van der Waals surface area contributed by atoms with Gasteiger partial charge in [0.25, 0.3) is 5.56 Å². The van der Waals surface area contributed by atoms with Crippen molar-refractivity contribution < 1.29 is 5.11 Å². The summed E-state index contributed by atoms with van der Waals surface area (Å²) in [4.78, 5) is 18.1. The van der Waals surface area contributed by atoms with E-state index in [9.17, 15) is 9.90 Å². The quantitative estimate of drug-likeness (QED) is 0.574. The summed E-state index contributed by atoms with van der Waals surface area (Å²) in [5.74, 6) is 0.973. The van der Waals surface area contributed by atoms with Crippen LogP contribution in [0.5, 0.6) is 0 Å². The van der Waals surface area contributed by atoms with Crippen molar-refractivity contribution in [2.75, 3.05) is 13.2 Å². The second-order valence-electron chi connectivity index (χ2n) is 9.57. The van der Waals surface area contributed by atoms with Crippen molar-refractivity contribution in [2.45, 2.75) is 66.1 Å². The van der Waals surface area contributed by atoms with Crippen LogP contribution in [-0.4, -0.2) is 48.3 Å². The number of aryl methyl sites for hydroxylation is 1. The molecule has 0 aliphatic carbocycles. The van der Waals surface area contributed by atoms with E-state index < -0.39 is 0 Å². The summed E-state index contributed by atoms with van der Waals surface area (Å²) in [6, 6.07) is 7.92. The monoisotopic (exact) mass is 426 g/mol. The first-order valence-electron chi connectivity index (χ1n) is 10.9. The van der Waals surface area contributed by atoms with E-state index in [1.165, 1.54) is 0 Å². The number of H-pyrrole nitrogens is 1. The van der Waals surface area contributed by atoms with Crippen LogP contribution in [0.3, 0.4) is 0 Å². The Bertz CT molecular complexity index is 1080. The fraction of sp³-hybridized carbons (Fsp3) is 0.565. The van der Waals surface area contributed by atoms with E-state index in [4.69, 9.17) is 0 Å². The number of benzene rings is 1. The van der Waals surface area contributed by atoms with Gasteiger partial charge in [-0.05, 0) is 73.5 Å². The Morgan fingerprint density at radius 3 is 2.61 bits per heavy atom. The molecular formula is C23H34N6O2. The number of tetrazole rings is 1. The topological polar surface area (TPSA) is 99.9 Å². The second-order valence-corrected chi connectivity index (χ2v) is 9.57. The number of pyridine rings is 1. The highest BCUT2D eigenvalue weighted by Crippen LogP contribution is 2.31. The van der Waals surface area contributed by atoms with E-state index in [-0.39, 0.29) is 29.7 Å². The van der Waals surface area contributed by atoms with Crippen molar-refractivity contribution in [2.24, 2.45) is 5.92 Å². The number of rotatable bonds is 8. The molecule has 0 radical (unpaired) electrons. The van der Waals surface area contributed by atoms with Gasteiger partial charge in [0.2, 0.25) is 0 Å². The van der Waals surface area contributed by atoms with Gasteiger partial charge in [0.1, 0.15) is 0 Å². The summed E-state index contributed by atoms with van der Waals surface area (Å²) in [5, 5.41) is 23.1. The molecule has 0 saturated carbocycles. The number of hydrogen-bond acceptors (Lipinski definition) is 6. The molecule has 31 heavy (non-hydrogen) atoms. The van der Waals surface area contributed by atoms with E-state index in [0.717, 1.165) is 22.3 Å². The van der Waals surface area contributed by atoms with Crippen LogP contribution < -0.4 is 5.56 Å². The number of nitrogens with one attached hydrogen (secondary N) is 1. The molecule has 2 aromatic heterocycles. The zero-order valence-electron chi connectivity index (χ0n) is 19.4. The highest BCUT2D eigenvalue weighted by Gasteiger charge is 2.32. The van der Waals surface area contributed by atoms with E-state index in [1.807, 2.05) is 35.9 Å². The second kappa shape index (κ2) is 9.28. The minimum Gasteiger partial charge on any atom is -0.396 e. The Labute approximate surface area is 183 Å². The first kappa shape index (κ1) is 23.1. The van der Waals surface area contributed by atoms with Crippen LogP contribution in [0.15, 0.2) is 29.1 Å². The fourth-order valence-corrected chi connectivity index (χ4v) is 4.03. The number of aromatic amines is 1. The molecule has 2 N–H and O–H groups in total. The van der Waals surface area contributed by atoms with Gasteiger partial charge in [0.15, 0.2) is 5.82 Å². The molecule has 2 heterocycles. The summed E-state index contributed by atoms with van der Waals surface area (Å²) in [5.41, 5.74) is 2.27. The zero-order valence-corrected chi connectivity index (χ0v) is 19.4. The molecule has 1 aromatic carbocycles. The van der Waals surface area contributed by atoms with Gasteiger partial charge >= 0.3 is 0 Å². The summed E-state index contributed by atoms with van der Waals surface area (Å²) in [6.45, 7) is 13.6. The van der Waals surface area contributed by atoms with Crippen LogP contribution in [0.1, 0.15) is 64.0 Å². The van der Waals surface area contributed by atoms with E-state index in [1.54, 1.807) is 0 Å². The Morgan fingerprint density at radius 1 is 1.23 bits per heavy atom. The van der Waals surface area contributed by atoms with E-state index in [0.29, 0.717) is 25.1 Å². The fourth-order valence-electron chi connectivity index (χ4n) is 4.03. The highest BCUT2D eigenvalue weighted by molar-refractivity contribution is 5.79. The predicted molar refractivity (Wildman–Crippen MR) is 122 cm³/mol. The van der Waals surface area contributed by atoms with Crippen molar-refractivity contribution >= 4 is 10.9 Å². The van der Waals surface area contributed by atoms with Gasteiger partial charge in [-0.3, -0.25) is 9.69 Å². The van der Waals surface area contributed by atoms with Crippen molar-refractivity contribution in [3.8, 4) is 0 Å². The minimum absolute atomic E-state index is 0.0822. The van der Waals surface area contributed by atoms with E-state index >= 15 is 0 Å². The van der Waals surface area contributed by atoms with Gasteiger partial charge in [-0.25, -0.2) is 4.68 Å². The molecule has 1 atom stereocenters. The molecule has 0 amide bonds. The third-order valence-electron chi connectivity index (χ3n) is 5.47. The van der Waals surface area contributed by atoms with Crippen LogP contribution in [0, 0.1) is 12.8 Å². The van der Waals surface area contributed by atoms with E-state index in [2.05, 4.69) is 60.0 Å². The molecule has 0 fully saturated rings. The van der Waals surface area contributed by atoms with Gasteiger partial charge in [0.05, 0.1) is 11.6 Å². The normalized spacial score (nSPS) is 13.5. The van der Waals surface area contributed by atoms with Crippen molar-refractivity contribution in [1.29, 1.82) is 0 Å².